The van der Waals surface area contributed by atoms with Crippen molar-refractivity contribution in [1.82, 2.24) is 10.1 Å². The zero-order valence-electron chi connectivity index (χ0n) is 13.6. The van der Waals surface area contributed by atoms with E-state index in [2.05, 4.69) is 10.1 Å². The summed E-state index contributed by atoms with van der Waals surface area (Å²) in [5, 5.41) is 9.77. The highest BCUT2D eigenvalue weighted by Gasteiger charge is 2.30. The molecule has 0 aliphatic carbocycles. The maximum absolute atomic E-state index is 12.8. The highest BCUT2D eigenvalue weighted by molar-refractivity contribution is 7.91. The molecule has 3 rings (SSSR count). The Kier molecular flexibility index (Phi) is 5.23. The van der Waals surface area contributed by atoms with Crippen molar-refractivity contribution in [3.63, 3.8) is 0 Å². The van der Waals surface area contributed by atoms with Gasteiger partial charge in [-0.05, 0) is 18.2 Å². The Balaban J connectivity index is 1.68. The van der Waals surface area contributed by atoms with Crippen molar-refractivity contribution in [2.24, 2.45) is 5.14 Å². The van der Waals surface area contributed by atoms with E-state index in [1.807, 2.05) is 0 Å². The fraction of sp³-hybridized carbons (Fsp3) is 0.133. The van der Waals surface area contributed by atoms with Crippen molar-refractivity contribution in [2.45, 2.75) is 17.0 Å². The van der Waals surface area contributed by atoms with Gasteiger partial charge in [0.05, 0.1) is 11.1 Å². The van der Waals surface area contributed by atoms with Gasteiger partial charge in [-0.25, -0.2) is 18.4 Å². The molecule has 0 bridgehead atoms. The summed E-state index contributed by atoms with van der Waals surface area (Å²) in [6.07, 6.45) is -4.52. The van der Waals surface area contributed by atoms with Crippen LogP contribution in [0.3, 0.4) is 0 Å². The SMILES string of the molecule is NS(=O)(=O)c1cc(C(=O)OCc2nc(-c3cccc(C(F)(F)F)c3)no2)cs1. The first-order valence-electron chi connectivity index (χ1n) is 7.33. The molecule has 0 radical (unpaired) electrons. The normalized spacial score (nSPS) is 12.1. The molecule has 148 valence electrons. The molecule has 8 nitrogen and oxygen atoms in total. The second-order valence-corrected chi connectivity index (χ2v) is 8.07. The molecule has 0 fully saturated rings. The number of nitrogens with zero attached hydrogens (tertiary/aromatic N) is 2. The van der Waals surface area contributed by atoms with Crippen LogP contribution in [0.2, 0.25) is 0 Å². The van der Waals surface area contributed by atoms with Crippen molar-refractivity contribution < 1.29 is 35.6 Å². The molecule has 0 saturated heterocycles. The number of aromatic nitrogens is 2. The van der Waals surface area contributed by atoms with Gasteiger partial charge in [-0.2, -0.15) is 18.2 Å². The number of rotatable bonds is 5. The van der Waals surface area contributed by atoms with E-state index in [1.54, 1.807) is 0 Å². The summed E-state index contributed by atoms with van der Waals surface area (Å²) in [6, 6.07) is 5.40. The number of carbonyl (C=O) groups excluding carboxylic acids is 1. The number of ether oxygens (including phenoxy) is 1. The van der Waals surface area contributed by atoms with Crippen LogP contribution in [-0.4, -0.2) is 24.5 Å². The first-order valence-corrected chi connectivity index (χ1v) is 9.75. The van der Waals surface area contributed by atoms with Crippen LogP contribution in [0.25, 0.3) is 11.4 Å². The van der Waals surface area contributed by atoms with Gasteiger partial charge in [0, 0.05) is 10.9 Å². The number of carbonyl (C=O) groups is 1. The number of alkyl halides is 3. The Bertz CT molecular complexity index is 1120. The number of hydrogen-bond donors (Lipinski definition) is 1. The highest BCUT2D eigenvalue weighted by Crippen LogP contribution is 2.31. The van der Waals surface area contributed by atoms with Gasteiger partial charge in [-0.3, -0.25) is 0 Å². The molecule has 0 unspecified atom stereocenters. The van der Waals surface area contributed by atoms with Crippen molar-refractivity contribution in [3.05, 3.63) is 52.7 Å². The molecule has 3 aromatic rings. The lowest BCUT2D eigenvalue weighted by atomic mass is 10.1. The minimum Gasteiger partial charge on any atom is -0.452 e. The molecule has 0 aliphatic heterocycles. The van der Waals surface area contributed by atoms with Crippen molar-refractivity contribution in [1.29, 1.82) is 0 Å². The Morgan fingerprint density at radius 1 is 1.29 bits per heavy atom. The monoisotopic (exact) mass is 433 g/mol. The Hall–Kier alpha value is -2.77. The van der Waals surface area contributed by atoms with Gasteiger partial charge in [-0.1, -0.05) is 17.3 Å². The maximum Gasteiger partial charge on any atom is 0.416 e. The van der Waals surface area contributed by atoms with Gasteiger partial charge in [0.1, 0.15) is 4.21 Å². The van der Waals surface area contributed by atoms with Gasteiger partial charge in [-0.15, -0.1) is 11.3 Å². The lowest BCUT2D eigenvalue weighted by Gasteiger charge is -2.06. The number of nitrogens with two attached hydrogens (primary N) is 1. The number of hydrogen-bond acceptors (Lipinski definition) is 8. The number of benzene rings is 1. The van der Waals surface area contributed by atoms with Crippen LogP contribution in [0.4, 0.5) is 13.2 Å². The Morgan fingerprint density at radius 3 is 2.68 bits per heavy atom. The third-order valence-corrected chi connectivity index (χ3v) is 5.72. The molecule has 1 aromatic carbocycles. The zero-order chi connectivity index (χ0) is 20.5. The number of halogens is 3. The molecular weight excluding hydrogens is 423 g/mol. The van der Waals surface area contributed by atoms with Crippen LogP contribution >= 0.6 is 11.3 Å². The van der Waals surface area contributed by atoms with Crippen molar-refractivity contribution in [3.8, 4) is 11.4 Å². The summed E-state index contributed by atoms with van der Waals surface area (Å²) < 4.78 is 70.3. The smallest absolute Gasteiger partial charge is 0.416 e. The summed E-state index contributed by atoms with van der Waals surface area (Å²) >= 11 is 0.754. The Labute approximate surface area is 159 Å². The zero-order valence-corrected chi connectivity index (χ0v) is 15.3. The fourth-order valence-electron chi connectivity index (χ4n) is 2.05. The van der Waals surface area contributed by atoms with E-state index in [0.29, 0.717) is 0 Å². The van der Waals surface area contributed by atoms with Crippen LogP contribution in [-0.2, 0) is 27.5 Å². The summed E-state index contributed by atoms with van der Waals surface area (Å²) in [6.45, 7) is -0.453. The second-order valence-electron chi connectivity index (χ2n) is 5.37. The molecule has 2 aromatic heterocycles. The predicted octanol–water partition coefficient (Wildman–Crippen LogP) is 2.82. The predicted molar refractivity (Wildman–Crippen MR) is 89.5 cm³/mol. The van der Waals surface area contributed by atoms with E-state index in [4.69, 9.17) is 14.4 Å². The molecule has 0 aliphatic rings. The van der Waals surface area contributed by atoms with E-state index in [0.717, 1.165) is 29.5 Å². The van der Waals surface area contributed by atoms with E-state index in [1.165, 1.54) is 17.5 Å². The number of thiophene rings is 1. The summed E-state index contributed by atoms with van der Waals surface area (Å²) in [7, 11) is -3.93. The van der Waals surface area contributed by atoms with Gasteiger partial charge in [0.25, 0.3) is 5.89 Å². The third kappa shape index (κ3) is 4.55. The second kappa shape index (κ2) is 7.33. The molecule has 0 spiro atoms. The summed E-state index contributed by atoms with van der Waals surface area (Å²) in [5.41, 5.74) is -0.829. The minimum absolute atomic E-state index is 0.0355. The molecular formula is C15H10F3N3O5S2. The number of primary sulfonamides is 1. The van der Waals surface area contributed by atoms with Crippen molar-refractivity contribution >= 4 is 27.3 Å². The average molecular weight is 433 g/mol. The molecule has 28 heavy (non-hydrogen) atoms. The molecule has 0 saturated carbocycles. The van der Waals surface area contributed by atoms with Gasteiger partial charge in [0.15, 0.2) is 6.61 Å². The van der Waals surface area contributed by atoms with E-state index in [9.17, 15) is 26.4 Å². The lowest BCUT2D eigenvalue weighted by Crippen LogP contribution is -2.10. The molecule has 2 heterocycles. The third-order valence-electron chi connectivity index (χ3n) is 3.33. The van der Waals surface area contributed by atoms with Crippen LogP contribution in [0.5, 0.6) is 0 Å². The number of sulfonamides is 1. The quantitative estimate of drug-likeness (QED) is 0.613. The van der Waals surface area contributed by atoms with Crippen molar-refractivity contribution in [2.75, 3.05) is 0 Å². The average Bonchev–Trinajstić information content (AvgIpc) is 3.28. The van der Waals surface area contributed by atoms with Gasteiger partial charge in [0.2, 0.25) is 15.8 Å². The van der Waals surface area contributed by atoms with Gasteiger partial charge < -0.3 is 9.26 Å². The molecule has 0 atom stereocenters. The van der Waals surface area contributed by atoms with E-state index < -0.39 is 34.3 Å². The Morgan fingerprint density at radius 2 is 2.04 bits per heavy atom. The standard InChI is InChI=1S/C15H10F3N3O5S2/c16-15(17,18)10-3-1-2-8(4-10)13-20-11(26-21-13)6-25-14(22)9-5-12(27-7-9)28(19,23)24/h1-5,7H,6H2,(H2,19,23,24). The minimum atomic E-state index is -4.52. The molecule has 0 amide bonds. The summed E-state index contributed by atoms with van der Waals surface area (Å²) in [5.74, 6) is -1.11. The maximum atomic E-state index is 12.8. The van der Waals surface area contributed by atoms with Crippen LogP contribution < -0.4 is 5.14 Å². The highest BCUT2D eigenvalue weighted by atomic mass is 32.2. The molecule has 2 N–H and O–H groups in total. The van der Waals surface area contributed by atoms with E-state index in [-0.39, 0.29) is 27.1 Å². The summed E-state index contributed by atoms with van der Waals surface area (Å²) in [4.78, 5) is 15.8. The number of esters is 1. The topological polar surface area (TPSA) is 125 Å². The van der Waals surface area contributed by atoms with Gasteiger partial charge >= 0.3 is 12.1 Å². The lowest BCUT2D eigenvalue weighted by molar-refractivity contribution is -0.137. The van der Waals surface area contributed by atoms with Crippen LogP contribution in [0.15, 0.2) is 44.4 Å². The first kappa shape index (κ1) is 20.0. The largest absolute Gasteiger partial charge is 0.452 e. The first-order chi connectivity index (χ1) is 13.0. The fourth-order valence-corrected chi connectivity index (χ4v) is 3.62. The van der Waals surface area contributed by atoms with Crippen LogP contribution in [0.1, 0.15) is 21.8 Å². The van der Waals surface area contributed by atoms with E-state index >= 15 is 0 Å². The molecule has 13 heteroatoms. The van der Waals surface area contributed by atoms with Crippen LogP contribution in [0, 0.1) is 0 Å².